The highest BCUT2D eigenvalue weighted by Gasteiger charge is 2.21. The summed E-state index contributed by atoms with van der Waals surface area (Å²) in [6.45, 7) is 1.15. The van der Waals surface area contributed by atoms with E-state index >= 15 is 0 Å². The van der Waals surface area contributed by atoms with Crippen LogP contribution in [0.3, 0.4) is 0 Å². The van der Waals surface area contributed by atoms with Crippen molar-refractivity contribution in [2.75, 3.05) is 13.7 Å². The van der Waals surface area contributed by atoms with Crippen molar-refractivity contribution in [3.63, 3.8) is 0 Å². The Labute approximate surface area is 183 Å². The van der Waals surface area contributed by atoms with Crippen LogP contribution in [0, 0.1) is 0 Å². The van der Waals surface area contributed by atoms with E-state index in [0.717, 1.165) is 0 Å². The number of amides is 1. The molecule has 0 aliphatic carbocycles. The van der Waals surface area contributed by atoms with Crippen molar-refractivity contribution < 1.29 is 14.3 Å². The molecule has 4 aromatic rings. The van der Waals surface area contributed by atoms with E-state index in [2.05, 4.69) is 20.4 Å². The van der Waals surface area contributed by atoms with Gasteiger partial charge in [0.15, 0.2) is 11.6 Å². The molecule has 1 amide bonds. The van der Waals surface area contributed by atoms with Gasteiger partial charge >= 0.3 is 0 Å². The van der Waals surface area contributed by atoms with E-state index in [1.807, 2.05) is 18.2 Å². The number of aromatic nitrogens is 4. The van der Waals surface area contributed by atoms with Crippen LogP contribution < -0.4 is 10.1 Å². The highest BCUT2D eigenvalue weighted by molar-refractivity contribution is 6.12. The van der Waals surface area contributed by atoms with Gasteiger partial charge in [0, 0.05) is 29.4 Å². The van der Waals surface area contributed by atoms with Crippen molar-refractivity contribution in [1.29, 1.82) is 0 Å². The second kappa shape index (κ2) is 8.07. The molecule has 32 heavy (non-hydrogen) atoms. The molecule has 0 spiro atoms. The molecule has 0 saturated heterocycles. The van der Waals surface area contributed by atoms with Crippen molar-refractivity contribution in [2.24, 2.45) is 0 Å². The molecule has 0 radical (unpaired) electrons. The normalized spacial score (nSPS) is 12.7. The highest BCUT2D eigenvalue weighted by Crippen LogP contribution is 2.26. The minimum Gasteiger partial charge on any atom is -0.497 e. The second-order valence-corrected chi connectivity index (χ2v) is 7.26. The largest absolute Gasteiger partial charge is 0.497 e. The van der Waals surface area contributed by atoms with Crippen LogP contribution in [0.4, 0.5) is 0 Å². The van der Waals surface area contributed by atoms with Crippen LogP contribution in [0.2, 0.25) is 0 Å². The monoisotopic (exact) mass is 425 g/mol. The van der Waals surface area contributed by atoms with Gasteiger partial charge in [-0.1, -0.05) is 24.3 Å². The lowest BCUT2D eigenvalue weighted by molar-refractivity contribution is 0.0924. The number of rotatable bonds is 5. The Bertz CT molecular complexity index is 1330. The first-order valence-corrected chi connectivity index (χ1v) is 10.1. The first kappa shape index (κ1) is 19.6. The molecular formula is C24H19N5O3. The summed E-state index contributed by atoms with van der Waals surface area (Å²) in [5.41, 5.74) is 3.33. The molecule has 2 aromatic heterocycles. The number of carbonyl (C=O) groups excluding carboxylic acids is 2. The van der Waals surface area contributed by atoms with Crippen molar-refractivity contribution in [1.82, 2.24) is 25.1 Å². The molecule has 2 aromatic carbocycles. The Morgan fingerprint density at radius 1 is 1.06 bits per heavy atom. The maximum atomic E-state index is 13.2. The van der Waals surface area contributed by atoms with E-state index in [1.165, 1.54) is 0 Å². The van der Waals surface area contributed by atoms with Crippen molar-refractivity contribution in [3.05, 3.63) is 83.7 Å². The second-order valence-electron chi connectivity index (χ2n) is 7.26. The smallest absolute Gasteiger partial charge is 0.269 e. The number of ether oxygens (including phenoxy) is 1. The SMILES string of the molecule is COc1ccc(C(=O)c2ccccc2-c2nccc(-c3cc4n(n3)CCNC4=O)n2)cc1. The Balaban J connectivity index is 1.53. The highest BCUT2D eigenvalue weighted by atomic mass is 16.5. The maximum Gasteiger partial charge on any atom is 0.269 e. The number of methoxy groups -OCH3 is 1. The van der Waals surface area contributed by atoms with Gasteiger partial charge in [-0.3, -0.25) is 14.3 Å². The number of ketones is 1. The molecule has 1 aliphatic rings. The molecule has 0 atom stereocenters. The van der Waals surface area contributed by atoms with Crippen LogP contribution >= 0.6 is 0 Å². The zero-order valence-corrected chi connectivity index (χ0v) is 17.3. The summed E-state index contributed by atoms with van der Waals surface area (Å²) in [7, 11) is 1.58. The number of carbonyl (C=O) groups is 2. The Morgan fingerprint density at radius 3 is 2.66 bits per heavy atom. The fourth-order valence-electron chi connectivity index (χ4n) is 3.67. The summed E-state index contributed by atoms with van der Waals surface area (Å²) >= 11 is 0. The molecule has 1 aliphatic heterocycles. The van der Waals surface area contributed by atoms with Gasteiger partial charge in [0.2, 0.25) is 0 Å². The van der Waals surface area contributed by atoms with E-state index < -0.39 is 0 Å². The number of fused-ring (bicyclic) bond motifs is 1. The quantitative estimate of drug-likeness (QED) is 0.494. The molecular weight excluding hydrogens is 406 g/mol. The van der Waals surface area contributed by atoms with Gasteiger partial charge in [0.1, 0.15) is 17.1 Å². The predicted octanol–water partition coefficient (Wildman–Crippen LogP) is 2.99. The van der Waals surface area contributed by atoms with Crippen molar-refractivity contribution in [2.45, 2.75) is 6.54 Å². The van der Waals surface area contributed by atoms with Crippen LogP contribution in [-0.2, 0) is 6.54 Å². The Kier molecular flexibility index (Phi) is 4.95. The molecule has 0 bridgehead atoms. The van der Waals surface area contributed by atoms with E-state index in [-0.39, 0.29) is 11.7 Å². The molecule has 3 heterocycles. The summed E-state index contributed by atoms with van der Waals surface area (Å²) in [4.78, 5) is 34.3. The van der Waals surface area contributed by atoms with Gasteiger partial charge in [-0.05, 0) is 36.4 Å². The topological polar surface area (TPSA) is 99.0 Å². The Hall–Kier alpha value is -4.33. The minimum atomic E-state index is -0.153. The van der Waals surface area contributed by atoms with E-state index in [1.54, 1.807) is 60.5 Å². The van der Waals surface area contributed by atoms with Gasteiger partial charge in [0.05, 0.1) is 19.3 Å². The molecule has 158 valence electrons. The molecule has 0 saturated carbocycles. The summed E-state index contributed by atoms with van der Waals surface area (Å²) in [6.07, 6.45) is 1.63. The third kappa shape index (κ3) is 3.51. The molecule has 0 unspecified atom stereocenters. The van der Waals surface area contributed by atoms with Gasteiger partial charge < -0.3 is 10.1 Å². The third-order valence-electron chi connectivity index (χ3n) is 5.30. The number of benzene rings is 2. The number of hydrogen-bond acceptors (Lipinski definition) is 6. The first-order valence-electron chi connectivity index (χ1n) is 10.1. The fraction of sp³-hybridized carbons (Fsp3) is 0.125. The van der Waals surface area contributed by atoms with Crippen molar-refractivity contribution >= 4 is 11.7 Å². The molecule has 0 fully saturated rings. The van der Waals surface area contributed by atoms with Gasteiger partial charge in [0.25, 0.3) is 5.91 Å². The lowest BCUT2D eigenvalue weighted by Crippen LogP contribution is -2.35. The van der Waals surface area contributed by atoms with Crippen LogP contribution in [0.1, 0.15) is 26.4 Å². The van der Waals surface area contributed by atoms with Crippen LogP contribution in [0.5, 0.6) is 5.75 Å². The number of nitrogens with zero attached hydrogens (tertiary/aromatic N) is 4. The van der Waals surface area contributed by atoms with E-state index in [0.29, 0.717) is 58.4 Å². The lowest BCUT2D eigenvalue weighted by Gasteiger charge is -2.13. The summed E-state index contributed by atoms with van der Waals surface area (Å²) in [5, 5.41) is 7.32. The van der Waals surface area contributed by atoms with Gasteiger partial charge in [-0.2, -0.15) is 5.10 Å². The first-order chi connectivity index (χ1) is 15.6. The maximum absolute atomic E-state index is 13.2. The number of hydrogen-bond donors (Lipinski definition) is 1. The van der Waals surface area contributed by atoms with Crippen LogP contribution in [0.25, 0.3) is 22.8 Å². The number of nitrogens with one attached hydrogen (secondary N) is 1. The lowest BCUT2D eigenvalue weighted by atomic mass is 9.97. The van der Waals surface area contributed by atoms with E-state index in [4.69, 9.17) is 4.74 Å². The summed E-state index contributed by atoms with van der Waals surface area (Å²) in [5.74, 6) is 0.809. The van der Waals surface area contributed by atoms with Gasteiger partial charge in [-0.25, -0.2) is 9.97 Å². The minimum absolute atomic E-state index is 0.133. The third-order valence-corrected chi connectivity index (χ3v) is 5.30. The standard InChI is InChI=1S/C24H19N5O3/c1-32-16-8-6-15(7-9-16)22(30)17-4-2-3-5-18(17)23-25-11-10-19(27-23)20-14-21-24(31)26-12-13-29(21)28-20/h2-11,14H,12-13H2,1H3,(H,26,31). The molecule has 1 N–H and O–H groups in total. The van der Waals surface area contributed by atoms with E-state index in [9.17, 15) is 9.59 Å². The fourth-order valence-corrected chi connectivity index (χ4v) is 3.67. The summed E-state index contributed by atoms with van der Waals surface area (Å²) < 4.78 is 6.85. The predicted molar refractivity (Wildman–Crippen MR) is 117 cm³/mol. The average molecular weight is 425 g/mol. The summed E-state index contributed by atoms with van der Waals surface area (Å²) in [6, 6.07) is 17.7. The van der Waals surface area contributed by atoms with Crippen LogP contribution in [0.15, 0.2) is 66.9 Å². The zero-order valence-electron chi connectivity index (χ0n) is 17.3. The molecule has 8 nitrogen and oxygen atoms in total. The van der Waals surface area contributed by atoms with Gasteiger partial charge in [-0.15, -0.1) is 0 Å². The van der Waals surface area contributed by atoms with Crippen molar-refractivity contribution in [3.8, 4) is 28.5 Å². The average Bonchev–Trinajstić information content (AvgIpc) is 3.30. The van der Waals surface area contributed by atoms with Crippen LogP contribution in [-0.4, -0.2) is 45.1 Å². The zero-order chi connectivity index (χ0) is 22.1. The molecule has 5 rings (SSSR count). The Morgan fingerprint density at radius 2 is 1.88 bits per heavy atom. The molecule has 8 heteroatoms.